The first kappa shape index (κ1) is 22.9. The average Bonchev–Trinajstić information content (AvgIpc) is 3.17. The summed E-state index contributed by atoms with van der Waals surface area (Å²) in [6.45, 7) is 5.73. The van der Waals surface area contributed by atoms with Gasteiger partial charge in [-0.3, -0.25) is 9.69 Å². The van der Waals surface area contributed by atoms with Gasteiger partial charge in [0.1, 0.15) is 11.9 Å². The molecular formula is C24H30FN3O3S. The van der Waals surface area contributed by atoms with Crippen molar-refractivity contribution < 1.29 is 17.6 Å². The van der Waals surface area contributed by atoms with Crippen LogP contribution in [0.4, 0.5) is 4.39 Å². The minimum Gasteiger partial charge on any atom is -0.340 e. The zero-order valence-electron chi connectivity index (χ0n) is 18.4. The van der Waals surface area contributed by atoms with Gasteiger partial charge in [0.25, 0.3) is 0 Å². The summed E-state index contributed by atoms with van der Waals surface area (Å²) in [5, 5.41) is 0. The molecule has 2 heterocycles. The Balaban J connectivity index is 1.41. The summed E-state index contributed by atoms with van der Waals surface area (Å²) in [5.41, 5.74) is 2.03. The smallest absolute Gasteiger partial charge is 0.243 e. The lowest BCUT2D eigenvalue weighted by molar-refractivity contribution is -0.134. The molecule has 0 aliphatic carbocycles. The molecule has 172 valence electrons. The standard InChI is InChI=1S/C24H30FN3O3S/c1-19-5-11-22(12-6-19)32(30,31)28-15-2-4-23(28)24(29)27-14-3-13-26(16-17-27)18-20-7-9-21(25)10-8-20/h5-12,23H,2-4,13-18H2,1H3/t23-/m0/s1. The van der Waals surface area contributed by atoms with E-state index in [4.69, 9.17) is 0 Å². The van der Waals surface area contributed by atoms with Crippen LogP contribution in [0, 0.1) is 12.7 Å². The molecule has 0 spiro atoms. The lowest BCUT2D eigenvalue weighted by atomic mass is 10.2. The van der Waals surface area contributed by atoms with Crippen LogP contribution in [0.25, 0.3) is 0 Å². The summed E-state index contributed by atoms with van der Waals surface area (Å²) >= 11 is 0. The van der Waals surface area contributed by atoms with Crippen molar-refractivity contribution in [2.24, 2.45) is 0 Å². The number of halogens is 1. The summed E-state index contributed by atoms with van der Waals surface area (Å²) in [5.74, 6) is -0.343. The average molecular weight is 460 g/mol. The predicted octanol–water partition coefficient (Wildman–Crippen LogP) is 3.02. The molecule has 2 saturated heterocycles. The molecule has 6 nitrogen and oxygen atoms in total. The van der Waals surface area contributed by atoms with Crippen LogP contribution in [-0.4, -0.2) is 67.2 Å². The minimum absolute atomic E-state index is 0.0955. The van der Waals surface area contributed by atoms with Gasteiger partial charge < -0.3 is 4.90 Å². The van der Waals surface area contributed by atoms with Crippen molar-refractivity contribution in [3.8, 4) is 0 Å². The molecule has 1 amide bonds. The first-order valence-electron chi connectivity index (χ1n) is 11.2. The summed E-state index contributed by atoms with van der Waals surface area (Å²) < 4.78 is 41.0. The van der Waals surface area contributed by atoms with E-state index in [1.807, 2.05) is 11.8 Å². The molecule has 2 aromatic rings. The number of carbonyl (C=O) groups excluding carboxylic acids is 1. The lowest BCUT2D eigenvalue weighted by Gasteiger charge is -2.29. The maximum atomic E-state index is 13.4. The van der Waals surface area contributed by atoms with Crippen LogP contribution in [0.3, 0.4) is 0 Å². The monoisotopic (exact) mass is 459 g/mol. The quantitative estimate of drug-likeness (QED) is 0.690. The first-order chi connectivity index (χ1) is 15.3. The second kappa shape index (κ2) is 9.68. The van der Waals surface area contributed by atoms with Crippen LogP contribution in [0.15, 0.2) is 53.4 Å². The van der Waals surface area contributed by atoms with E-state index in [1.165, 1.54) is 16.4 Å². The SMILES string of the molecule is Cc1ccc(S(=O)(=O)N2CCC[C@H]2C(=O)N2CCCN(Cc3ccc(F)cc3)CC2)cc1. The number of sulfonamides is 1. The Morgan fingerprint density at radius 1 is 0.938 bits per heavy atom. The van der Waals surface area contributed by atoms with Gasteiger partial charge in [-0.25, -0.2) is 12.8 Å². The second-order valence-electron chi connectivity index (χ2n) is 8.67. The third-order valence-electron chi connectivity index (χ3n) is 6.34. The number of carbonyl (C=O) groups is 1. The number of hydrogen-bond donors (Lipinski definition) is 0. The molecule has 2 fully saturated rings. The highest BCUT2D eigenvalue weighted by Gasteiger charge is 2.41. The summed E-state index contributed by atoms with van der Waals surface area (Å²) in [6, 6.07) is 12.7. The predicted molar refractivity (Wildman–Crippen MR) is 121 cm³/mol. The minimum atomic E-state index is -3.71. The molecule has 8 heteroatoms. The fourth-order valence-electron chi connectivity index (χ4n) is 4.53. The van der Waals surface area contributed by atoms with E-state index < -0.39 is 16.1 Å². The van der Waals surface area contributed by atoms with Crippen LogP contribution < -0.4 is 0 Å². The van der Waals surface area contributed by atoms with E-state index in [0.717, 1.165) is 24.1 Å². The Morgan fingerprint density at radius 3 is 2.38 bits per heavy atom. The Kier molecular flexibility index (Phi) is 6.93. The Labute approximate surface area is 189 Å². The maximum Gasteiger partial charge on any atom is 0.243 e. The van der Waals surface area contributed by atoms with Crippen LogP contribution in [0.1, 0.15) is 30.4 Å². The van der Waals surface area contributed by atoms with E-state index in [2.05, 4.69) is 4.90 Å². The number of rotatable bonds is 5. The molecule has 0 unspecified atom stereocenters. The Bertz CT molecular complexity index is 1040. The summed E-state index contributed by atoms with van der Waals surface area (Å²) in [7, 11) is -3.71. The van der Waals surface area contributed by atoms with Gasteiger partial charge in [0, 0.05) is 39.3 Å². The second-order valence-corrected chi connectivity index (χ2v) is 10.6. The topological polar surface area (TPSA) is 60.9 Å². The Morgan fingerprint density at radius 2 is 1.66 bits per heavy atom. The normalized spacial score (nSPS) is 20.9. The lowest BCUT2D eigenvalue weighted by Crippen LogP contribution is -2.48. The molecule has 2 aliphatic rings. The van der Waals surface area contributed by atoms with Crippen molar-refractivity contribution in [2.75, 3.05) is 32.7 Å². The fraction of sp³-hybridized carbons (Fsp3) is 0.458. The summed E-state index contributed by atoms with van der Waals surface area (Å²) in [6.07, 6.45) is 2.07. The van der Waals surface area contributed by atoms with E-state index >= 15 is 0 Å². The van der Waals surface area contributed by atoms with Gasteiger partial charge in [-0.05, 0) is 56.0 Å². The fourth-order valence-corrected chi connectivity index (χ4v) is 6.18. The van der Waals surface area contributed by atoms with Gasteiger partial charge in [-0.15, -0.1) is 0 Å². The van der Waals surface area contributed by atoms with E-state index in [9.17, 15) is 17.6 Å². The van der Waals surface area contributed by atoms with Crippen molar-refractivity contribution in [2.45, 2.75) is 43.7 Å². The first-order valence-corrected chi connectivity index (χ1v) is 12.6. The molecule has 0 radical (unpaired) electrons. The molecule has 0 bridgehead atoms. The molecule has 32 heavy (non-hydrogen) atoms. The molecular weight excluding hydrogens is 429 g/mol. The highest BCUT2D eigenvalue weighted by molar-refractivity contribution is 7.89. The molecule has 2 aromatic carbocycles. The van der Waals surface area contributed by atoms with E-state index in [0.29, 0.717) is 45.6 Å². The van der Waals surface area contributed by atoms with Crippen molar-refractivity contribution in [3.63, 3.8) is 0 Å². The maximum absolute atomic E-state index is 13.4. The highest BCUT2D eigenvalue weighted by atomic mass is 32.2. The molecule has 1 atom stereocenters. The van der Waals surface area contributed by atoms with Crippen LogP contribution in [0.2, 0.25) is 0 Å². The zero-order valence-corrected chi connectivity index (χ0v) is 19.2. The van der Waals surface area contributed by atoms with Crippen molar-refractivity contribution >= 4 is 15.9 Å². The molecule has 2 aliphatic heterocycles. The highest BCUT2D eigenvalue weighted by Crippen LogP contribution is 2.28. The van der Waals surface area contributed by atoms with Crippen LogP contribution >= 0.6 is 0 Å². The van der Waals surface area contributed by atoms with Crippen molar-refractivity contribution in [1.29, 1.82) is 0 Å². The molecule has 0 aromatic heterocycles. The van der Waals surface area contributed by atoms with Gasteiger partial charge in [-0.1, -0.05) is 29.8 Å². The molecule has 4 rings (SSSR count). The van der Waals surface area contributed by atoms with Crippen LogP contribution in [0.5, 0.6) is 0 Å². The molecule has 0 N–H and O–H groups in total. The number of nitrogens with zero attached hydrogens (tertiary/aromatic N) is 3. The largest absolute Gasteiger partial charge is 0.340 e. The van der Waals surface area contributed by atoms with Gasteiger partial charge >= 0.3 is 0 Å². The van der Waals surface area contributed by atoms with Crippen LogP contribution in [-0.2, 0) is 21.4 Å². The van der Waals surface area contributed by atoms with Gasteiger partial charge in [0.15, 0.2) is 0 Å². The number of hydrogen-bond acceptors (Lipinski definition) is 4. The third-order valence-corrected chi connectivity index (χ3v) is 8.26. The van der Waals surface area contributed by atoms with Gasteiger partial charge in [0.05, 0.1) is 4.90 Å². The third kappa shape index (κ3) is 5.03. The Hall–Kier alpha value is -2.29. The van der Waals surface area contributed by atoms with E-state index in [-0.39, 0.29) is 16.6 Å². The van der Waals surface area contributed by atoms with Gasteiger partial charge in [-0.2, -0.15) is 4.31 Å². The molecule has 0 saturated carbocycles. The van der Waals surface area contributed by atoms with Crippen molar-refractivity contribution in [1.82, 2.24) is 14.1 Å². The number of amides is 1. The zero-order chi connectivity index (χ0) is 22.7. The van der Waals surface area contributed by atoms with Gasteiger partial charge in [0.2, 0.25) is 15.9 Å². The number of aryl methyl sites for hydroxylation is 1. The van der Waals surface area contributed by atoms with E-state index in [1.54, 1.807) is 36.4 Å². The van der Waals surface area contributed by atoms with Crippen molar-refractivity contribution in [3.05, 3.63) is 65.5 Å². The summed E-state index contributed by atoms with van der Waals surface area (Å²) in [4.78, 5) is 17.7. The number of benzene rings is 2.